The van der Waals surface area contributed by atoms with Gasteiger partial charge in [-0.2, -0.15) is 0 Å². The molecule has 0 saturated carbocycles. The Labute approximate surface area is 184 Å². The second-order valence-electron chi connectivity index (χ2n) is 8.22. The number of fused-ring (bicyclic) bond motifs is 1. The number of methoxy groups -OCH3 is 1. The quantitative estimate of drug-likeness (QED) is 0.597. The predicted molar refractivity (Wildman–Crippen MR) is 118 cm³/mol. The molecule has 2 aromatic carbocycles. The monoisotopic (exact) mass is 437 g/mol. The Balaban J connectivity index is 1.84. The number of halogens is 1. The zero-order valence-corrected chi connectivity index (χ0v) is 18.2. The van der Waals surface area contributed by atoms with Gasteiger partial charge in [-0.15, -0.1) is 0 Å². The zero-order chi connectivity index (χ0) is 23.2. The second-order valence-corrected chi connectivity index (χ2v) is 8.22. The second kappa shape index (κ2) is 7.87. The van der Waals surface area contributed by atoms with E-state index < -0.39 is 29.5 Å². The molecule has 7 nitrogen and oxygen atoms in total. The smallest absolute Gasteiger partial charge is 0.324 e. The molecule has 1 aliphatic rings. The van der Waals surface area contributed by atoms with Gasteiger partial charge in [-0.3, -0.25) is 10.1 Å². The van der Waals surface area contributed by atoms with Crippen LogP contribution < -0.4 is 10.1 Å². The summed E-state index contributed by atoms with van der Waals surface area (Å²) in [5.41, 5.74) is -0.279. The number of hydrogen-bond acceptors (Lipinski definition) is 5. The lowest BCUT2D eigenvalue weighted by Crippen LogP contribution is -2.53. The standard InChI is InChI=1S/C24H24FN3O4/c1-13(2)24(31,20-21(29)27-23(30)28(20)3)17-10-11-19(26-22(17)32-4)15-9-8-14-6-5-7-18(25)16(14)12-15/h5-13,20,31H,1-4H3,(H,27,29,30). The molecule has 4 rings (SSSR count). The molecule has 2 N–H and O–H groups in total. The van der Waals surface area contributed by atoms with E-state index in [2.05, 4.69) is 10.3 Å². The van der Waals surface area contributed by atoms with E-state index in [1.165, 1.54) is 25.1 Å². The summed E-state index contributed by atoms with van der Waals surface area (Å²) in [7, 11) is 2.87. The number of ether oxygens (including phenoxy) is 1. The molecule has 0 radical (unpaired) electrons. The molecule has 1 aromatic heterocycles. The van der Waals surface area contributed by atoms with E-state index in [9.17, 15) is 19.1 Å². The lowest BCUT2D eigenvalue weighted by molar-refractivity contribution is -0.134. The van der Waals surface area contributed by atoms with E-state index in [4.69, 9.17) is 4.74 Å². The van der Waals surface area contributed by atoms with Gasteiger partial charge in [0, 0.05) is 23.6 Å². The molecule has 2 unspecified atom stereocenters. The maximum Gasteiger partial charge on any atom is 0.324 e. The van der Waals surface area contributed by atoms with Crippen LogP contribution in [0.5, 0.6) is 5.88 Å². The van der Waals surface area contributed by atoms with E-state index >= 15 is 0 Å². The molecule has 1 saturated heterocycles. The number of hydrogen-bond donors (Lipinski definition) is 2. The molecule has 3 aromatic rings. The first-order valence-corrected chi connectivity index (χ1v) is 10.2. The summed E-state index contributed by atoms with van der Waals surface area (Å²) in [6.45, 7) is 3.51. The highest BCUT2D eigenvalue weighted by Crippen LogP contribution is 2.41. The van der Waals surface area contributed by atoms with Crippen LogP contribution in [0, 0.1) is 11.7 Å². The Morgan fingerprint density at radius 2 is 1.94 bits per heavy atom. The summed E-state index contributed by atoms with van der Waals surface area (Å²) >= 11 is 0. The largest absolute Gasteiger partial charge is 0.481 e. The summed E-state index contributed by atoms with van der Waals surface area (Å²) in [4.78, 5) is 30.3. The normalized spacial score (nSPS) is 18.2. The van der Waals surface area contributed by atoms with Gasteiger partial charge in [-0.1, -0.05) is 38.1 Å². The molecule has 1 aliphatic heterocycles. The highest BCUT2D eigenvalue weighted by molar-refractivity contribution is 6.05. The lowest BCUT2D eigenvalue weighted by atomic mass is 9.77. The Bertz CT molecular complexity index is 1230. The van der Waals surface area contributed by atoms with Crippen molar-refractivity contribution in [2.24, 2.45) is 5.92 Å². The topological polar surface area (TPSA) is 91.8 Å². The van der Waals surface area contributed by atoms with Crippen molar-refractivity contribution in [1.82, 2.24) is 15.2 Å². The summed E-state index contributed by atoms with van der Waals surface area (Å²) in [6, 6.07) is 11.8. The van der Waals surface area contributed by atoms with E-state index in [0.29, 0.717) is 16.6 Å². The Morgan fingerprint density at radius 3 is 2.56 bits per heavy atom. The molecule has 0 aliphatic carbocycles. The number of pyridine rings is 1. The van der Waals surface area contributed by atoms with Crippen LogP contribution in [-0.2, 0) is 10.4 Å². The van der Waals surface area contributed by atoms with Crippen LogP contribution in [0.25, 0.3) is 22.0 Å². The van der Waals surface area contributed by atoms with Crippen molar-refractivity contribution in [3.8, 4) is 17.1 Å². The van der Waals surface area contributed by atoms with Crippen LogP contribution in [0.4, 0.5) is 9.18 Å². The number of carbonyl (C=O) groups excluding carboxylic acids is 2. The molecule has 1 fully saturated rings. The Kier molecular flexibility index (Phi) is 5.34. The number of benzene rings is 2. The van der Waals surface area contributed by atoms with Crippen LogP contribution in [0.3, 0.4) is 0 Å². The minimum Gasteiger partial charge on any atom is -0.481 e. The highest BCUT2D eigenvalue weighted by atomic mass is 19.1. The van der Waals surface area contributed by atoms with Crippen molar-refractivity contribution >= 4 is 22.7 Å². The number of aromatic nitrogens is 1. The van der Waals surface area contributed by atoms with Crippen molar-refractivity contribution in [3.05, 3.63) is 59.9 Å². The fourth-order valence-electron chi connectivity index (χ4n) is 4.28. The molecule has 2 heterocycles. The van der Waals surface area contributed by atoms with Gasteiger partial charge in [-0.25, -0.2) is 14.2 Å². The molecule has 0 spiro atoms. The average Bonchev–Trinajstić information content (AvgIpc) is 3.04. The first kappa shape index (κ1) is 21.7. The van der Waals surface area contributed by atoms with Gasteiger partial charge in [0.1, 0.15) is 17.5 Å². The highest BCUT2D eigenvalue weighted by Gasteiger charge is 2.54. The maximum absolute atomic E-state index is 14.3. The van der Waals surface area contributed by atoms with E-state index in [1.807, 2.05) is 18.2 Å². The maximum atomic E-state index is 14.3. The molecule has 32 heavy (non-hydrogen) atoms. The first-order valence-electron chi connectivity index (χ1n) is 10.2. The third kappa shape index (κ3) is 3.27. The number of amides is 3. The third-order valence-corrected chi connectivity index (χ3v) is 6.09. The SMILES string of the molecule is COc1nc(-c2ccc3cccc(F)c3c2)ccc1C(O)(C(C)C)C1C(=O)NC(=O)N1C. The zero-order valence-electron chi connectivity index (χ0n) is 18.2. The van der Waals surface area contributed by atoms with E-state index in [1.54, 1.807) is 38.1 Å². The van der Waals surface area contributed by atoms with Crippen LogP contribution in [0.2, 0.25) is 0 Å². The van der Waals surface area contributed by atoms with Gasteiger partial charge >= 0.3 is 6.03 Å². The average molecular weight is 437 g/mol. The van der Waals surface area contributed by atoms with Gasteiger partial charge in [0.2, 0.25) is 5.88 Å². The van der Waals surface area contributed by atoms with Gasteiger partial charge in [0.25, 0.3) is 5.91 Å². The summed E-state index contributed by atoms with van der Waals surface area (Å²) < 4.78 is 19.8. The molecule has 8 heteroatoms. The molecule has 3 amide bonds. The third-order valence-electron chi connectivity index (χ3n) is 6.09. The molecule has 0 bridgehead atoms. The van der Waals surface area contributed by atoms with Crippen LogP contribution in [0.1, 0.15) is 19.4 Å². The molecular formula is C24H24FN3O4. The Hall–Kier alpha value is -3.52. The number of likely N-dealkylation sites (N-methyl/N-ethyl adjacent to an activating group) is 1. The van der Waals surface area contributed by atoms with Crippen molar-refractivity contribution in [1.29, 1.82) is 0 Å². The fourth-order valence-corrected chi connectivity index (χ4v) is 4.28. The number of nitrogens with zero attached hydrogens (tertiary/aromatic N) is 2. The fraction of sp³-hybridized carbons (Fsp3) is 0.292. The van der Waals surface area contributed by atoms with Gasteiger partial charge in [0.05, 0.1) is 12.8 Å². The lowest BCUT2D eigenvalue weighted by Gasteiger charge is -2.39. The van der Waals surface area contributed by atoms with Crippen LogP contribution in [0.15, 0.2) is 48.5 Å². The number of nitrogens with one attached hydrogen (secondary N) is 1. The number of urea groups is 1. The first-order chi connectivity index (χ1) is 15.2. The van der Waals surface area contributed by atoms with E-state index in [-0.39, 0.29) is 17.3 Å². The molecule has 166 valence electrons. The molecule has 2 atom stereocenters. The van der Waals surface area contributed by atoms with Crippen molar-refractivity contribution in [3.63, 3.8) is 0 Å². The summed E-state index contributed by atoms with van der Waals surface area (Å²) in [6.07, 6.45) is 0. The van der Waals surface area contributed by atoms with Gasteiger partial charge < -0.3 is 14.7 Å². The summed E-state index contributed by atoms with van der Waals surface area (Å²) in [5.74, 6) is -1.26. The van der Waals surface area contributed by atoms with Gasteiger partial charge in [-0.05, 0) is 35.6 Å². The van der Waals surface area contributed by atoms with Crippen LogP contribution in [-0.4, -0.2) is 47.1 Å². The minimum absolute atomic E-state index is 0.118. The van der Waals surface area contributed by atoms with Crippen molar-refractivity contribution in [2.75, 3.05) is 14.2 Å². The van der Waals surface area contributed by atoms with E-state index in [0.717, 1.165) is 5.39 Å². The number of imide groups is 1. The minimum atomic E-state index is -1.75. The predicted octanol–water partition coefficient (Wildman–Crippen LogP) is 3.44. The van der Waals surface area contributed by atoms with Crippen LogP contribution >= 0.6 is 0 Å². The number of carbonyl (C=O) groups is 2. The number of rotatable bonds is 5. The van der Waals surface area contributed by atoms with Crippen molar-refractivity contribution < 1.29 is 23.8 Å². The number of aliphatic hydroxyl groups is 1. The summed E-state index contributed by atoms with van der Waals surface area (Å²) in [5, 5.41) is 15.2. The molecular weight excluding hydrogens is 413 g/mol. The Morgan fingerprint density at radius 1 is 1.19 bits per heavy atom. The van der Waals surface area contributed by atoms with Crippen molar-refractivity contribution in [2.45, 2.75) is 25.5 Å². The van der Waals surface area contributed by atoms with Gasteiger partial charge in [0.15, 0.2) is 0 Å².